The van der Waals surface area contributed by atoms with Crippen molar-refractivity contribution in [1.29, 1.82) is 0 Å². The van der Waals surface area contributed by atoms with Gasteiger partial charge in [0.1, 0.15) is 28.7 Å². The van der Waals surface area contributed by atoms with Gasteiger partial charge in [0.2, 0.25) is 0 Å². The average molecular weight is 1130 g/mol. The molecule has 5 nitrogen and oxygen atoms in total. The second-order valence-electron chi connectivity index (χ2n) is 13.2. The zero-order valence-electron chi connectivity index (χ0n) is 43.1. The average Bonchev–Trinajstić information content (AvgIpc) is 3.37. The lowest BCUT2D eigenvalue weighted by Crippen LogP contribution is -1.88. The summed E-state index contributed by atoms with van der Waals surface area (Å²) in [6.45, 7) is 7.36. The summed E-state index contributed by atoms with van der Waals surface area (Å²) in [5.74, 6) is 4.37. The maximum atomic E-state index is 7.55. The number of methoxy groups -OCH3 is 5. The fourth-order valence-electron chi connectivity index (χ4n) is 6.12. The maximum absolute atomic E-state index is 7.55. The molecule has 67 heavy (non-hydrogen) atoms. The smallest absolute Gasteiger partial charge is 0.137 e. The summed E-state index contributed by atoms with van der Waals surface area (Å²) in [7, 11) is 27.5. The minimum absolute atomic E-state index is 0.820. The molecule has 0 fully saturated rings. The summed E-state index contributed by atoms with van der Waals surface area (Å²) in [4.78, 5) is 4.67. The predicted molar refractivity (Wildman–Crippen MR) is 322 cm³/mol. The molecule has 0 aliphatic rings. The fourth-order valence-corrected chi connectivity index (χ4v) is 17.6. The number of fused-ring (bicyclic) bond motifs is 3. The SMILES string of the molecule is COc1ccc(SSSC)c(OC)c1.COc1ccc(SSSC)c2ccccc12.[1H][13C@@]([2H])(C)SSSc1ccc(OC)c2ccc(C)cc12.[2H]C([2H])(C)SSSc1ccc(OC)c2cc(CC)ccc12. The van der Waals surface area contributed by atoms with Crippen LogP contribution >= 0.6 is 126 Å². The minimum atomic E-state index is -1.23. The molecule has 0 aromatic heterocycles. The standard InChI is InChI=1S/C15H18OS3.C14H16OS3.C12H12OS3.C9H12O2S3/c1-4-11-6-7-12-13(10-11)14(16-3)8-9-15(12)18-19-17-5-2;1-4-16-18-17-14-8-7-13(15-3)11-6-5-10(2)9-12(11)14;1-13-11-7-8-12(15-16-14-2)10-6-4-3-5-9(10)11;1-10-7-4-5-9(13-14-12-3)8(6-7)11-2/h6-10H,4-5H2,1-3H3;5-9H,4H2,1-3H3;3-8H,1-2H3;4-6H,1-3H3/i5D2;4+1DH;;/t;4-;;/m.1../s1. The summed E-state index contributed by atoms with van der Waals surface area (Å²) in [6, 6.07) is 39.1. The van der Waals surface area contributed by atoms with Crippen LogP contribution in [-0.2, 0) is 6.42 Å². The Bertz CT molecular complexity index is 2750. The molecule has 0 aliphatic heterocycles. The summed E-state index contributed by atoms with van der Waals surface area (Å²) >= 11 is 0. The largest absolute Gasteiger partial charge is 0.497 e. The molecule has 0 radical (unpaired) electrons. The predicted octanol–water partition coefficient (Wildman–Crippen LogP) is 20.0. The van der Waals surface area contributed by atoms with Crippen LogP contribution in [0.5, 0.6) is 28.7 Å². The first-order chi connectivity index (χ1) is 34.0. The number of rotatable bonds is 20. The Labute approximate surface area is 451 Å². The van der Waals surface area contributed by atoms with E-state index in [9.17, 15) is 0 Å². The number of aryl methyl sites for hydroxylation is 2. The molecule has 7 aromatic rings. The lowest BCUT2D eigenvalue weighted by atomic mass is 10.0. The molecule has 1 atom stereocenters. The Hall–Kier alpha value is -1.48. The first-order valence-electron chi connectivity index (χ1n) is 22.3. The van der Waals surface area contributed by atoms with Gasteiger partial charge in [-0.1, -0.05) is 124 Å². The van der Waals surface area contributed by atoms with Crippen LogP contribution in [0, 0.1) is 6.92 Å². The summed E-state index contributed by atoms with van der Waals surface area (Å²) in [5, 5.41) is 6.95. The summed E-state index contributed by atoms with van der Waals surface area (Å²) < 4.78 is 56.8. The van der Waals surface area contributed by atoms with Crippen LogP contribution in [-0.4, -0.2) is 59.5 Å². The zero-order chi connectivity index (χ0) is 52.0. The van der Waals surface area contributed by atoms with Gasteiger partial charge in [0.25, 0.3) is 0 Å². The third-order valence-electron chi connectivity index (χ3n) is 9.24. The molecule has 0 amide bonds. The highest BCUT2D eigenvalue weighted by Gasteiger charge is 2.11. The van der Waals surface area contributed by atoms with Crippen molar-refractivity contribution < 1.29 is 29.2 Å². The third kappa shape index (κ3) is 18.3. The van der Waals surface area contributed by atoms with Crippen molar-refractivity contribution in [2.24, 2.45) is 0 Å². The van der Waals surface area contributed by atoms with Crippen molar-refractivity contribution in [3.8, 4) is 28.7 Å². The molecule has 7 aromatic carbocycles. The van der Waals surface area contributed by atoms with Gasteiger partial charge in [-0.05, 0) is 179 Å². The van der Waals surface area contributed by atoms with Crippen LogP contribution in [0.3, 0.4) is 0 Å². The molecule has 0 N–H and O–H groups in total. The number of hydrogen-bond donors (Lipinski definition) is 0. The van der Waals surface area contributed by atoms with Gasteiger partial charge in [0.05, 0.1) is 40.4 Å². The molecular weight excluding hydrogens is 1070 g/mol. The Morgan fingerprint density at radius 3 is 1.51 bits per heavy atom. The second-order valence-corrected chi connectivity index (χ2v) is 29.5. The van der Waals surface area contributed by atoms with E-state index in [0.29, 0.717) is 0 Å². The quantitative estimate of drug-likeness (QED) is 0.0537. The van der Waals surface area contributed by atoms with Crippen molar-refractivity contribution in [2.75, 3.05) is 59.5 Å². The normalized spacial score (nSPS) is 12.6. The fraction of sp³-hybridized carbons (Fsp3) is 0.280. The minimum Gasteiger partial charge on any atom is -0.497 e. The van der Waals surface area contributed by atoms with Crippen LogP contribution in [0.4, 0.5) is 0 Å². The first-order valence-corrected chi connectivity index (χ1v) is 35.0. The highest BCUT2D eigenvalue weighted by molar-refractivity contribution is 9.10. The van der Waals surface area contributed by atoms with E-state index in [1.54, 1.807) is 134 Å². The van der Waals surface area contributed by atoms with Crippen LogP contribution in [0.1, 0.15) is 37.4 Å². The molecule has 0 unspecified atom stereocenters. The summed E-state index contributed by atoms with van der Waals surface area (Å²) in [5.41, 5.74) is 0.0384. The molecule has 0 bridgehead atoms. The van der Waals surface area contributed by atoms with Gasteiger partial charge in [-0.3, -0.25) is 0 Å². The lowest BCUT2D eigenvalue weighted by molar-refractivity contribution is 0.387. The first kappa shape index (κ1) is 51.9. The van der Waals surface area contributed by atoms with E-state index >= 15 is 0 Å². The van der Waals surface area contributed by atoms with Gasteiger partial charge in [0.15, 0.2) is 0 Å². The highest BCUT2D eigenvalue weighted by atomic mass is 33.5. The van der Waals surface area contributed by atoms with Gasteiger partial charge < -0.3 is 23.7 Å². The lowest BCUT2D eigenvalue weighted by Gasteiger charge is -2.11. The van der Waals surface area contributed by atoms with E-state index in [-0.39, 0.29) is 0 Å². The van der Waals surface area contributed by atoms with Gasteiger partial charge in [0, 0.05) is 59.2 Å². The Morgan fingerprint density at radius 2 is 0.955 bits per heavy atom. The van der Waals surface area contributed by atoms with Gasteiger partial charge in [-0.25, -0.2) is 0 Å². The summed E-state index contributed by atoms with van der Waals surface area (Å²) in [6.07, 6.45) is 5.13. The molecule has 360 valence electrons. The van der Waals surface area contributed by atoms with Crippen molar-refractivity contribution in [3.63, 3.8) is 0 Å². The van der Waals surface area contributed by atoms with Gasteiger partial charge in [-0.2, -0.15) is 0 Å². The molecule has 0 aliphatic carbocycles. The van der Waals surface area contributed by atoms with Crippen molar-refractivity contribution >= 4 is 158 Å². The second kappa shape index (κ2) is 33.2. The molecule has 0 heterocycles. The number of hydrogen-bond acceptors (Lipinski definition) is 17. The Morgan fingerprint density at radius 1 is 0.463 bits per heavy atom. The van der Waals surface area contributed by atoms with Gasteiger partial charge in [-0.15, -0.1) is 0 Å². The molecule has 0 saturated carbocycles. The Balaban J connectivity index is 0.000000208. The van der Waals surface area contributed by atoms with Crippen molar-refractivity contribution in [2.45, 2.75) is 53.7 Å². The van der Waals surface area contributed by atoms with E-state index in [2.05, 4.69) is 80.8 Å². The third-order valence-corrected chi connectivity index (χ3v) is 23.7. The molecule has 17 heteroatoms. The Kier molecular flexibility index (Phi) is 25.7. The molecule has 0 spiro atoms. The van der Waals surface area contributed by atoms with Crippen LogP contribution in [0.2, 0.25) is 0 Å². The van der Waals surface area contributed by atoms with E-state index in [0.717, 1.165) is 71.4 Å². The number of benzene rings is 7. The number of ether oxygens (including phenoxy) is 5. The van der Waals surface area contributed by atoms with E-state index in [1.807, 2.05) is 60.9 Å². The maximum Gasteiger partial charge on any atom is 0.137 e. The van der Waals surface area contributed by atoms with Gasteiger partial charge >= 0.3 is 0 Å². The van der Waals surface area contributed by atoms with E-state index in [1.165, 1.54) is 68.0 Å². The van der Waals surface area contributed by atoms with Crippen molar-refractivity contribution in [3.05, 3.63) is 126 Å². The zero-order valence-corrected chi connectivity index (χ0v) is 48.9. The van der Waals surface area contributed by atoms with Crippen molar-refractivity contribution in [1.82, 2.24) is 0 Å². The highest BCUT2D eigenvalue weighted by Crippen LogP contribution is 2.47. The van der Waals surface area contributed by atoms with Crippen LogP contribution in [0.25, 0.3) is 32.3 Å². The monoisotopic (exact) mass is 1130 g/mol. The van der Waals surface area contributed by atoms with E-state index in [4.69, 9.17) is 29.2 Å². The van der Waals surface area contributed by atoms with Crippen LogP contribution < -0.4 is 23.7 Å². The van der Waals surface area contributed by atoms with Crippen LogP contribution in [0.15, 0.2) is 135 Å². The molecule has 7 rings (SSSR count). The topological polar surface area (TPSA) is 46.2 Å². The molecule has 0 saturated heterocycles. The molecular formula is C50H58O5S12. The van der Waals surface area contributed by atoms with E-state index < -0.39 is 11.4 Å².